The highest BCUT2D eigenvalue weighted by atomic mass is 35.5. The summed E-state index contributed by atoms with van der Waals surface area (Å²) in [4.78, 5) is 16.0. The standard InChI is InChI=1S/C26H15Cl2F4N5O4S/c1-41-26-19(8-12(28)10-33-26)42(39,40)37-18-5-4-17(30)20(22(18)32)15-2-3-16-23(21(15)31)35-36-24(16)25(38)34-14-7-11(27)6-13(29)9-14/h2-10,37H,1H3,(H,34,38)(H,35,36). The van der Waals surface area contributed by atoms with Crippen LogP contribution < -0.4 is 14.8 Å². The van der Waals surface area contributed by atoms with Crippen LogP contribution in [0.25, 0.3) is 22.0 Å². The Bertz CT molecular complexity index is 1990. The van der Waals surface area contributed by atoms with Crippen molar-refractivity contribution in [1.82, 2.24) is 15.2 Å². The van der Waals surface area contributed by atoms with Gasteiger partial charge < -0.3 is 10.1 Å². The van der Waals surface area contributed by atoms with E-state index < -0.39 is 60.9 Å². The summed E-state index contributed by atoms with van der Waals surface area (Å²) in [6.45, 7) is 0. The van der Waals surface area contributed by atoms with Crippen molar-refractivity contribution in [2.45, 2.75) is 4.90 Å². The Morgan fingerprint density at radius 1 is 0.976 bits per heavy atom. The molecule has 0 unspecified atom stereocenters. The van der Waals surface area contributed by atoms with E-state index in [9.17, 15) is 22.0 Å². The molecule has 3 N–H and O–H groups in total. The summed E-state index contributed by atoms with van der Waals surface area (Å²) in [5.41, 5.74) is -2.90. The van der Waals surface area contributed by atoms with Crippen LogP contribution in [0.1, 0.15) is 10.5 Å². The van der Waals surface area contributed by atoms with Gasteiger partial charge in [-0.3, -0.25) is 14.6 Å². The lowest BCUT2D eigenvalue weighted by atomic mass is 10.0. The highest BCUT2D eigenvalue weighted by molar-refractivity contribution is 7.92. The number of fused-ring (bicyclic) bond motifs is 1. The predicted octanol–water partition coefficient (Wildman–Crippen LogP) is 6.55. The number of H-pyrrole nitrogens is 1. The number of ether oxygens (including phenoxy) is 1. The van der Waals surface area contributed by atoms with Gasteiger partial charge in [0.2, 0.25) is 5.88 Å². The van der Waals surface area contributed by atoms with Gasteiger partial charge in [-0.05, 0) is 42.5 Å². The Labute approximate surface area is 244 Å². The monoisotopic (exact) mass is 639 g/mol. The van der Waals surface area contributed by atoms with E-state index in [1.54, 1.807) is 0 Å². The number of pyridine rings is 1. The predicted molar refractivity (Wildman–Crippen MR) is 147 cm³/mol. The fraction of sp³-hybridized carbons (Fsp3) is 0.0385. The first-order valence-corrected chi connectivity index (χ1v) is 13.8. The molecular weight excluding hydrogens is 625 g/mol. The second-order valence-electron chi connectivity index (χ2n) is 8.58. The summed E-state index contributed by atoms with van der Waals surface area (Å²) in [6.07, 6.45) is 1.14. The number of benzene rings is 3. The Morgan fingerprint density at radius 2 is 1.74 bits per heavy atom. The number of amides is 1. The first-order chi connectivity index (χ1) is 19.9. The van der Waals surface area contributed by atoms with E-state index in [0.29, 0.717) is 0 Å². The summed E-state index contributed by atoms with van der Waals surface area (Å²) >= 11 is 11.6. The fourth-order valence-corrected chi connectivity index (χ4v) is 5.72. The molecule has 0 saturated carbocycles. The van der Waals surface area contributed by atoms with Crippen LogP contribution in [0, 0.1) is 23.3 Å². The van der Waals surface area contributed by atoms with Crippen molar-refractivity contribution in [3.05, 3.63) is 93.7 Å². The molecule has 42 heavy (non-hydrogen) atoms. The molecule has 0 aliphatic heterocycles. The molecule has 0 aliphatic carbocycles. The second kappa shape index (κ2) is 11.1. The molecule has 9 nitrogen and oxygen atoms in total. The quantitative estimate of drug-likeness (QED) is 0.173. The number of nitrogens with zero attached hydrogens (tertiary/aromatic N) is 2. The maximum Gasteiger partial charge on any atom is 0.276 e. The van der Waals surface area contributed by atoms with Crippen molar-refractivity contribution in [1.29, 1.82) is 0 Å². The van der Waals surface area contributed by atoms with E-state index in [2.05, 4.69) is 20.5 Å². The van der Waals surface area contributed by atoms with Crippen molar-refractivity contribution in [3.63, 3.8) is 0 Å². The van der Waals surface area contributed by atoms with Crippen molar-refractivity contribution < 1.29 is 35.5 Å². The van der Waals surface area contributed by atoms with Gasteiger partial charge in [-0.2, -0.15) is 5.10 Å². The lowest BCUT2D eigenvalue weighted by Crippen LogP contribution is -2.16. The lowest BCUT2D eigenvalue weighted by molar-refractivity contribution is 0.102. The van der Waals surface area contributed by atoms with Crippen LogP contribution in [0.2, 0.25) is 10.0 Å². The van der Waals surface area contributed by atoms with E-state index in [1.165, 1.54) is 12.1 Å². The number of anilines is 2. The molecule has 1 amide bonds. The number of aromatic amines is 1. The summed E-state index contributed by atoms with van der Waals surface area (Å²) in [5, 5.41) is 8.38. The van der Waals surface area contributed by atoms with E-state index >= 15 is 8.78 Å². The smallest absolute Gasteiger partial charge is 0.276 e. The van der Waals surface area contributed by atoms with Gasteiger partial charge in [0.1, 0.15) is 17.2 Å². The molecule has 0 radical (unpaired) electrons. The maximum atomic E-state index is 15.6. The Balaban J connectivity index is 1.52. The Hall–Kier alpha value is -4.40. The van der Waals surface area contributed by atoms with E-state index in [0.717, 1.165) is 49.7 Å². The van der Waals surface area contributed by atoms with Gasteiger partial charge in [0.05, 0.1) is 23.4 Å². The summed E-state index contributed by atoms with van der Waals surface area (Å²) < 4.78 is 92.7. The normalized spacial score (nSPS) is 11.5. The Morgan fingerprint density at radius 3 is 2.45 bits per heavy atom. The number of rotatable bonds is 7. The minimum Gasteiger partial charge on any atom is -0.480 e. The second-order valence-corrected chi connectivity index (χ2v) is 11.1. The molecule has 0 atom stereocenters. The third-order valence-corrected chi connectivity index (χ3v) is 7.67. The van der Waals surface area contributed by atoms with Crippen LogP contribution in [0.3, 0.4) is 0 Å². The van der Waals surface area contributed by atoms with Gasteiger partial charge >= 0.3 is 0 Å². The zero-order chi connectivity index (χ0) is 30.3. The van der Waals surface area contributed by atoms with Crippen LogP contribution in [0.4, 0.5) is 28.9 Å². The maximum absolute atomic E-state index is 15.6. The van der Waals surface area contributed by atoms with Crippen LogP contribution in [0.15, 0.2) is 59.6 Å². The SMILES string of the molecule is COc1ncc(Cl)cc1S(=O)(=O)Nc1ccc(F)c(-c2ccc3c(C(=O)Nc4cc(F)cc(Cl)c4)n[nH]c3c2F)c1F. The molecule has 2 aromatic heterocycles. The van der Waals surface area contributed by atoms with Crippen molar-refractivity contribution >= 4 is 61.4 Å². The first-order valence-electron chi connectivity index (χ1n) is 11.5. The third-order valence-electron chi connectivity index (χ3n) is 5.88. The highest BCUT2D eigenvalue weighted by Gasteiger charge is 2.27. The molecular formula is C26H15Cl2F4N5O4S. The average molecular weight is 640 g/mol. The molecule has 5 aromatic rings. The minimum absolute atomic E-state index is 0.00725. The molecule has 0 bridgehead atoms. The molecule has 3 aromatic carbocycles. The molecule has 0 aliphatic rings. The van der Waals surface area contributed by atoms with Gasteiger partial charge in [0.25, 0.3) is 15.9 Å². The first kappa shape index (κ1) is 29.1. The number of aromatic nitrogens is 3. The molecule has 16 heteroatoms. The number of nitrogens with one attached hydrogen (secondary N) is 3. The summed E-state index contributed by atoms with van der Waals surface area (Å²) in [7, 11) is -3.41. The largest absolute Gasteiger partial charge is 0.480 e. The summed E-state index contributed by atoms with van der Waals surface area (Å²) in [6, 6.07) is 8.05. The number of sulfonamides is 1. The van der Waals surface area contributed by atoms with Gasteiger partial charge in [0, 0.05) is 27.9 Å². The summed E-state index contributed by atoms with van der Waals surface area (Å²) in [5.74, 6) is -5.74. The van der Waals surface area contributed by atoms with Gasteiger partial charge in [-0.1, -0.05) is 29.3 Å². The third kappa shape index (κ3) is 5.43. The van der Waals surface area contributed by atoms with Crippen molar-refractivity contribution in [2.75, 3.05) is 17.1 Å². The number of carbonyl (C=O) groups is 1. The number of hydrogen-bond acceptors (Lipinski definition) is 6. The zero-order valence-electron chi connectivity index (χ0n) is 20.9. The lowest BCUT2D eigenvalue weighted by Gasteiger charge is -2.14. The van der Waals surface area contributed by atoms with E-state index in [1.807, 2.05) is 4.72 Å². The van der Waals surface area contributed by atoms with Crippen LogP contribution in [0.5, 0.6) is 5.88 Å². The molecule has 0 fully saturated rings. The van der Waals surface area contributed by atoms with Gasteiger partial charge in [-0.25, -0.2) is 31.0 Å². The molecule has 5 rings (SSSR count). The number of hydrogen-bond donors (Lipinski definition) is 3. The number of methoxy groups -OCH3 is 1. The van der Waals surface area contributed by atoms with Gasteiger partial charge in [0.15, 0.2) is 22.2 Å². The minimum atomic E-state index is -4.57. The van der Waals surface area contributed by atoms with Crippen molar-refractivity contribution in [3.8, 4) is 17.0 Å². The van der Waals surface area contributed by atoms with Crippen LogP contribution in [-0.4, -0.2) is 36.6 Å². The zero-order valence-corrected chi connectivity index (χ0v) is 23.2. The van der Waals surface area contributed by atoms with Gasteiger partial charge in [-0.15, -0.1) is 0 Å². The number of carbonyl (C=O) groups excluding carboxylic acids is 1. The van der Waals surface area contributed by atoms with E-state index in [4.69, 9.17) is 27.9 Å². The van der Waals surface area contributed by atoms with Crippen molar-refractivity contribution in [2.24, 2.45) is 0 Å². The molecule has 0 spiro atoms. The highest BCUT2D eigenvalue weighted by Crippen LogP contribution is 2.36. The average Bonchev–Trinajstić information content (AvgIpc) is 3.36. The molecule has 2 heterocycles. The molecule has 0 saturated heterocycles. The topological polar surface area (TPSA) is 126 Å². The molecule has 216 valence electrons. The fourth-order valence-electron chi connectivity index (χ4n) is 4.07. The number of halogens is 6. The van der Waals surface area contributed by atoms with Crippen LogP contribution >= 0.6 is 23.2 Å². The van der Waals surface area contributed by atoms with E-state index in [-0.39, 0.29) is 38.2 Å². The van der Waals surface area contributed by atoms with Crippen LogP contribution in [-0.2, 0) is 10.0 Å². The Kier molecular flexibility index (Phi) is 7.70.